The second-order valence-electron chi connectivity index (χ2n) is 4.67. The summed E-state index contributed by atoms with van der Waals surface area (Å²) >= 11 is 0. The Morgan fingerprint density at radius 2 is 1.68 bits per heavy atom. The van der Waals surface area contributed by atoms with Gasteiger partial charge in [-0.25, -0.2) is 8.78 Å². The highest BCUT2D eigenvalue weighted by Crippen LogP contribution is 2.35. The van der Waals surface area contributed by atoms with Gasteiger partial charge in [-0.2, -0.15) is 0 Å². The number of hydrogen-bond donors (Lipinski definition) is 1. The first kappa shape index (κ1) is 11.8. The maximum Gasteiger partial charge on any atom is 0.231 e. The minimum Gasteiger partial charge on any atom is -0.325 e. The molecule has 19 heavy (non-hydrogen) atoms. The quantitative estimate of drug-likeness (QED) is 0.831. The van der Waals surface area contributed by atoms with Gasteiger partial charge in [0.2, 0.25) is 5.91 Å². The largest absolute Gasteiger partial charge is 0.325 e. The lowest BCUT2D eigenvalue weighted by atomic mass is 9.97. The lowest BCUT2D eigenvalue weighted by Gasteiger charge is -2.07. The first-order valence-electron chi connectivity index (χ1n) is 5.96. The summed E-state index contributed by atoms with van der Waals surface area (Å²) in [4.78, 5) is 11.6. The van der Waals surface area contributed by atoms with E-state index in [1.165, 1.54) is 12.1 Å². The Kier molecular flexibility index (Phi) is 2.59. The molecule has 1 atom stereocenters. The molecule has 0 saturated heterocycles. The Bertz CT molecular complexity index is 662. The topological polar surface area (TPSA) is 29.1 Å². The highest BCUT2D eigenvalue weighted by Gasteiger charge is 2.26. The molecule has 0 radical (unpaired) electrons. The van der Waals surface area contributed by atoms with Crippen molar-refractivity contribution < 1.29 is 13.6 Å². The van der Waals surface area contributed by atoms with E-state index in [1.54, 1.807) is 25.1 Å². The maximum atomic E-state index is 13.2. The summed E-state index contributed by atoms with van der Waals surface area (Å²) in [5.74, 6) is -1.53. The van der Waals surface area contributed by atoms with E-state index in [2.05, 4.69) is 5.32 Å². The van der Waals surface area contributed by atoms with Gasteiger partial charge in [-0.05, 0) is 47.9 Å². The summed E-state index contributed by atoms with van der Waals surface area (Å²) in [6, 6.07) is 8.69. The molecule has 0 aromatic heterocycles. The number of hydrogen-bond acceptors (Lipinski definition) is 1. The van der Waals surface area contributed by atoms with Gasteiger partial charge in [0, 0.05) is 11.8 Å². The van der Waals surface area contributed by atoms with E-state index in [0.717, 1.165) is 17.3 Å². The smallest absolute Gasteiger partial charge is 0.231 e. The minimum atomic E-state index is -0.613. The molecule has 2 aromatic carbocycles. The Balaban J connectivity index is 2.10. The fourth-order valence-corrected chi connectivity index (χ4v) is 2.32. The van der Waals surface area contributed by atoms with Crippen molar-refractivity contribution >= 4 is 11.6 Å². The number of carbonyl (C=O) groups excluding carboxylic acids is 1. The van der Waals surface area contributed by atoms with Crippen LogP contribution in [-0.4, -0.2) is 5.91 Å². The van der Waals surface area contributed by atoms with Gasteiger partial charge in [-0.1, -0.05) is 6.07 Å². The molecule has 1 aliphatic heterocycles. The van der Waals surface area contributed by atoms with E-state index in [4.69, 9.17) is 0 Å². The molecule has 1 aliphatic rings. The molecule has 0 saturated carbocycles. The van der Waals surface area contributed by atoms with Gasteiger partial charge in [0.1, 0.15) is 11.6 Å². The number of benzene rings is 2. The van der Waals surface area contributed by atoms with Crippen molar-refractivity contribution in [3.63, 3.8) is 0 Å². The molecule has 0 bridgehead atoms. The van der Waals surface area contributed by atoms with Gasteiger partial charge in [-0.3, -0.25) is 4.79 Å². The van der Waals surface area contributed by atoms with Crippen molar-refractivity contribution in [2.75, 3.05) is 5.32 Å². The maximum absolute atomic E-state index is 13.2. The van der Waals surface area contributed by atoms with Gasteiger partial charge < -0.3 is 5.32 Å². The molecule has 1 N–H and O–H groups in total. The van der Waals surface area contributed by atoms with Crippen LogP contribution in [0.15, 0.2) is 36.4 Å². The molecule has 4 heteroatoms. The molecule has 0 fully saturated rings. The summed E-state index contributed by atoms with van der Waals surface area (Å²) in [5.41, 5.74) is 2.78. The molecule has 3 rings (SSSR count). The van der Waals surface area contributed by atoms with E-state index in [1.807, 2.05) is 0 Å². The van der Waals surface area contributed by atoms with Crippen LogP contribution in [0, 0.1) is 11.6 Å². The zero-order chi connectivity index (χ0) is 13.6. The average Bonchev–Trinajstić information content (AvgIpc) is 2.64. The van der Waals surface area contributed by atoms with Crippen molar-refractivity contribution in [1.82, 2.24) is 0 Å². The summed E-state index contributed by atoms with van der Waals surface area (Å²) < 4.78 is 26.4. The van der Waals surface area contributed by atoms with Gasteiger partial charge in [0.15, 0.2) is 0 Å². The molecule has 96 valence electrons. The van der Waals surface area contributed by atoms with Gasteiger partial charge in [-0.15, -0.1) is 0 Å². The van der Waals surface area contributed by atoms with E-state index in [9.17, 15) is 13.6 Å². The Labute approximate surface area is 109 Å². The monoisotopic (exact) mass is 259 g/mol. The van der Waals surface area contributed by atoms with Crippen LogP contribution in [0.25, 0.3) is 11.1 Å². The SMILES string of the molecule is CC1C(=O)Nc2ccc(-c3cc(F)cc(F)c3)cc21. The van der Waals surface area contributed by atoms with Crippen molar-refractivity contribution in [3.05, 3.63) is 53.6 Å². The third-order valence-corrected chi connectivity index (χ3v) is 3.37. The molecular weight excluding hydrogens is 248 g/mol. The number of rotatable bonds is 1. The number of amides is 1. The fraction of sp³-hybridized carbons (Fsp3) is 0.133. The molecule has 0 spiro atoms. The second-order valence-corrected chi connectivity index (χ2v) is 4.67. The van der Waals surface area contributed by atoms with E-state index < -0.39 is 11.6 Å². The standard InChI is InChI=1S/C15H11F2NO/c1-8-13-6-9(2-3-14(13)18-15(8)19)10-4-11(16)7-12(17)5-10/h2-8H,1H3,(H,18,19). The first-order valence-corrected chi connectivity index (χ1v) is 5.96. The second kappa shape index (κ2) is 4.16. The summed E-state index contributed by atoms with van der Waals surface area (Å²) in [7, 11) is 0. The summed E-state index contributed by atoms with van der Waals surface area (Å²) in [5, 5.41) is 2.76. The average molecular weight is 259 g/mol. The minimum absolute atomic E-state index is 0.0578. The van der Waals surface area contributed by atoms with E-state index >= 15 is 0 Å². The van der Waals surface area contributed by atoms with E-state index in [0.29, 0.717) is 11.1 Å². The predicted molar refractivity (Wildman–Crippen MR) is 68.8 cm³/mol. The fourth-order valence-electron chi connectivity index (χ4n) is 2.32. The molecule has 2 aromatic rings. The van der Waals surface area contributed by atoms with Crippen LogP contribution in [0.1, 0.15) is 18.4 Å². The Hall–Kier alpha value is -2.23. The van der Waals surface area contributed by atoms with Crippen molar-refractivity contribution in [3.8, 4) is 11.1 Å². The highest BCUT2D eigenvalue weighted by atomic mass is 19.1. The van der Waals surface area contributed by atoms with Crippen LogP contribution in [0.5, 0.6) is 0 Å². The van der Waals surface area contributed by atoms with Crippen LogP contribution in [-0.2, 0) is 4.79 Å². The molecule has 0 aliphatic carbocycles. The van der Waals surface area contributed by atoms with Crippen LogP contribution < -0.4 is 5.32 Å². The van der Waals surface area contributed by atoms with Gasteiger partial charge in [0.25, 0.3) is 0 Å². The normalized spacial score (nSPS) is 17.2. The molecule has 1 unspecified atom stereocenters. The third-order valence-electron chi connectivity index (χ3n) is 3.37. The van der Waals surface area contributed by atoms with E-state index in [-0.39, 0.29) is 11.8 Å². The Morgan fingerprint density at radius 1 is 1.00 bits per heavy atom. The van der Waals surface area contributed by atoms with Crippen molar-refractivity contribution in [2.24, 2.45) is 0 Å². The molecule has 2 nitrogen and oxygen atoms in total. The zero-order valence-electron chi connectivity index (χ0n) is 10.2. The number of nitrogens with one attached hydrogen (secondary N) is 1. The third kappa shape index (κ3) is 1.99. The highest BCUT2D eigenvalue weighted by molar-refractivity contribution is 6.03. The number of anilines is 1. The molecule has 1 heterocycles. The van der Waals surface area contributed by atoms with Crippen LogP contribution in [0.4, 0.5) is 14.5 Å². The van der Waals surface area contributed by atoms with Gasteiger partial charge in [0.05, 0.1) is 5.92 Å². The van der Waals surface area contributed by atoms with Crippen molar-refractivity contribution in [1.29, 1.82) is 0 Å². The lowest BCUT2D eigenvalue weighted by molar-refractivity contribution is -0.116. The Morgan fingerprint density at radius 3 is 2.37 bits per heavy atom. The summed E-state index contributed by atoms with van der Waals surface area (Å²) in [6.45, 7) is 1.80. The lowest BCUT2D eigenvalue weighted by Crippen LogP contribution is -2.08. The predicted octanol–water partition coefficient (Wildman–Crippen LogP) is 3.69. The molecule has 1 amide bonds. The number of halogens is 2. The van der Waals surface area contributed by atoms with Gasteiger partial charge >= 0.3 is 0 Å². The number of fused-ring (bicyclic) bond motifs is 1. The number of carbonyl (C=O) groups is 1. The first-order chi connectivity index (χ1) is 9.04. The molecular formula is C15H11F2NO. The van der Waals surface area contributed by atoms with Crippen LogP contribution >= 0.6 is 0 Å². The van der Waals surface area contributed by atoms with Crippen LogP contribution in [0.3, 0.4) is 0 Å². The summed E-state index contributed by atoms with van der Waals surface area (Å²) in [6.07, 6.45) is 0. The zero-order valence-corrected chi connectivity index (χ0v) is 10.2. The van der Waals surface area contributed by atoms with Crippen molar-refractivity contribution in [2.45, 2.75) is 12.8 Å². The van der Waals surface area contributed by atoms with Crippen LogP contribution in [0.2, 0.25) is 0 Å².